The Morgan fingerprint density at radius 1 is 1.37 bits per heavy atom. The fourth-order valence-corrected chi connectivity index (χ4v) is 3.63. The SMILES string of the molecule is CC(C)(C)OC(=O)N1CCc2nn3c(c2C1)-c1nocc1CC(C(N)=O)C3. The van der Waals surface area contributed by atoms with E-state index in [1.165, 1.54) is 0 Å². The molecule has 0 aliphatic carbocycles. The van der Waals surface area contributed by atoms with Crippen LogP contribution in [0.25, 0.3) is 11.4 Å². The molecule has 2 aromatic rings. The molecule has 0 fully saturated rings. The van der Waals surface area contributed by atoms with Gasteiger partial charge in [0, 0.05) is 24.1 Å². The van der Waals surface area contributed by atoms with Gasteiger partial charge in [0.15, 0.2) is 0 Å². The van der Waals surface area contributed by atoms with Crippen LogP contribution >= 0.6 is 0 Å². The first-order chi connectivity index (χ1) is 12.7. The molecule has 4 heterocycles. The zero-order valence-corrected chi connectivity index (χ0v) is 15.7. The molecule has 0 saturated carbocycles. The van der Waals surface area contributed by atoms with E-state index in [0.717, 1.165) is 22.5 Å². The third kappa shape index (κ3) is 3.17. The van der Waals surface area contributed by atoms with E-state index in [1.807, 2.05) is 20.8 Å². The van der Waals surface area contributed by atoms with Crippen molar-refractivity contribution in [3.63, 3.8) is 0 Å². The summed E-state index contributed by atoms with van der Waals surface area (Å²) < 4.78 is 12.4. The number of hydrogen-bond donors (Lipinski definition) is 1. The van der Waals surface area contributed by atoms with Crippen molar-refractivity contribution in [3.8, 4) is 11.4 Å². The van der Waals surface area contributed by atoms with Crippen LogP contribution in [0.1, 0.15) is 37.6 Å². The first-order valence-electron chi connectivity index (χ1n) is 9.02. The predicted molar refractivity (Wildman–Crippen MR) is 94.5 cm³/mol. The average molecular weight is 373 g/mol. The molecular weight excluding hydrogens is 350 g/mol. The van der Waals surface area contributed by atoms with Gasteiger partial charge in [0.2, 0.25) is 5.91 Å². The van der Waals surface area contributed by atoms with Gasteiger partial charge in [-0.15, -0.1) is 0 Å². The smallest absolute Gasteiger partial charge is 0.410 e. The third-order valence-corrected chi connectivity index (χ3v) is 4.88. The number of rotatable bonds is 1. The second-order valence-electron chi connectivity index (χ2n) is 8.10. The fraction of sp³-hybridized carbons (Fsp3) is 0.556. The van der Waals surface area contributed by atoms with Gasteiger partial charge in [-0.2, -0.15) is 5.10 Å². The largest absolute Gasteiger partial charge is 0.444 e. The molecule has 1 atom stereocenters. The Kier molecular flexibility index (Phi) is 3.97. The number of nitrogens with two attached hydrogens (primary N) is 1. The number of carbonyl (C=O) groups excluding carboxylic acids is 2. The van der Waals surface area contributed by atoms with Gasteiger partial charge in [0.05, 0.1) is 30.4 Å². The highest BCUT2D eigenvalue weighted by molar-refractivity contribution is 5.78. The van der Waals surface area contributed by atoms with Crippen LogP contribution in [0.2, 0.25) is 0 Å². The molecule has 0 radical (unpaired) electrons. The number of nitrogens with zero attached hydrogens (tertiary/aromatic N) is 4. The van der Waals surface area contributed by atoms with Crippen LogP contribution in [0.5, 0.6) is 0 Å². The third-order valence-electron chi connectivity index (χ3n) is 4.88. The standard InChI is InChI=1S/C18H23N5O4/c1-18(2,3)27-17(25)22-5-4-13-12(8-22)15-14-11(9-26-21-14)6-10(16(19)24)7-23(15)20-13/h9-10H,4-8H2,1-3H3,(H2,19,24). The van der Waals surface area contributed by atoms with Crippen LogP contribution in [-0.4, -0.2) is 44.0 Å². The summed E-state index contributed by atoms with van der Waals surface area (Å²) in [5, 5.41) is 8.82. The summed E-state index contributed by atoms with van der Waals surface area (Å²) in [4.78, 5) is 26.0. The van der Waals surface area contributed by atoms with Crippen LogP contribution in [-0.2, 0) is 35.5 Å². The maximum Gasteiger partial charge on any atom is 0.410 e. The first kappa shape index (κ1) is 17.6. The van der Waals surface area contributed by atoms with Gasteiger partial charge < -0.3 is 19.9 Å². The van der Waals surface area contributed by atoms with Gasteiger partial charge in [-0.05, 0) is 27.2 Å². The Hall–Kier alpha value is -2.84. The summed E-state index contributed by atoms with van der Waals surface area (Å²) in [7, 11) is 0. The van der Waals surface area contributed by atoms with Crippen molar-refractivity contribution in [1.82, 2.24) is 19.8 Å². The van der Waals surface area contributed by atoms with Gasteiger partial charge in [-0.1, -0.05) is 5.16 Å². The Morgan fingerprint density at radius 3 is 2.85 bits per heavy atom. The van der Waals surface area contributed by atoms with Crippen LogP contribution in [0.15, 0.2) is 10.8 Å². The van der Waals surface area contributed by atoms with E-state index in [1.54, 1.807) is 15.8 Å². The van der Waals surface area contributed by atoms with E-state index in [2.05, 4.69) is 10.3 Å². The lowest BCUT2D eigenvalue weighted by Gasteiger charge is -2.29. The van der Waals surface area contributed by atoms with Crippen LogP contribution in [0.4, 0.5) is 4.79 Å². The number of fused-ring (bicyclic) bond motifs is 5. The molecule has 4 rings (SSSR count). The summed E-state index contributed by atoms with van der Waals surface area (Å²) in [6, 6.07) is 0. The Labute approximate surface area is 156 Å². The van der Waals surface area contributed by atoms with E-state index >= 15 is 0 Å². The summed E-state index contributed by atoms with van der Waals surface area (Å²) in [6.07, 6.45) is 2.27. The number of hydrogen-bond acceptors (Lipinski definition) is 6. The molecule has 144 valence electrons. The first-order valence-corrected chi connectivity index (χ1v) is 9.02. The lowest BCUT2D eigenvalue weighted by molar-refractivity contribution is -0.122. The van der Waals surface area contributed by atoms with Gasteiger partial charge >= 0.3 is 6.09 Å². The number of carbonyl (C=O) groups is 2. The number of aromatic nitrogens is 3. The molecule has 2 aliphatic heterocycles. The summed E-state index contributed by atoms with van der Waals surface area (Å²) >= 11 is 0. The second kappa shape index (κ2) is 6.11. The Morgan fingerprint density at radius 2 is 2.15 bits per heavy atom. The molecular formula is C18H23N5O4. The lowest BCUT2D eigenvalue weighted by Crippen LogP contribution is -2.39. The minimum Gasteiger partial charge on any atom is -0.444 e. The van der Waals surface area contributed by atoms with E-state index in [-0.39, 0.29) is 17.9 Å². The highest BCUT2D eigenvalue weighted by atomic mass is 16.6. The normalized spacial score (nSPS) is 18.9. The predicted octanol–water partition coefficient (Wildman–Crippen LogP) is 1.49. The number of ether oxygens (including phenoxy) is 1. The Bertz CT molecular complexity index is 907. The zero-order valence-electron chi connectivity index (χ0n) is 15.7. The molecule has 2 amide bonds. The zero-order chi connectivity index (χ0) is 19.3. The molecule has 2 aliphatic rings. The van der Waals surface area contributed by atoms with Crippen molar-refractivity contribution < 1.29 is 18.8 Å². The van der Waals surface area contributed by atoms with Gasteiger partial charge in [0.1, 0.15) is 17.6 Å². The van der Waals surface area contributed by atoms with Crippen molar-refractivity contribution >= 4 is 12.0 Å². The molecule has 27 heavy (non-hydrogen) atoms. The lowest BCUT2D eigenvalue weighted by atomic mass is 9.98. The summed E-state index contributed by atoms with van der Waals surface area (Å²) in [5.41, 5.74) is 9.13. The molecule has 9 heteroatoms. The number of amides is 2. The topological polar surface area (TPSA) is 116 Å². The second-order valence-corrected chi connectivity index (χ2v) is 8.10. The minimum absolute atomic E-state index is 0.350. The van der Waals surface area contributed by atoms with Gasteiger partial charge in [-0.3, -0.25) is 9.48 Å². The van der Waals surface area contributed by atoms with Crippen molar-refractivity contribution in [2.24, 2.45) is 11.7 Å². The number of primary amides is 1. The van der Waals surface area contributed by atoms with Crippen molar-refractivity contribution in [2.75, 3.05) is 6.54 Å². The molecule has 0 bridgehead atoms. The van der Waals surface area contributed by atoms with E-state index < -0.39 is 5.60 Å². The molecule has 2 N–H and O–H groups in total. The summed E-state index contributed by atoms with van der Waals surface area (Å²) in [5.74, 6) is -0.758. The van der Waals surface area contributed by atoms with Crippen LogP contribution in [0.3, 0.4) is 0 Å². The van der Waals surface area contributed by atoms with Crippen molar-refractivity contribution in [1.29, 1.82) is 0 Å². The quantitative estimate of drug-likeness (QED) is 0.809. The van der Waals surface area contributed by atoms with Crippen molar-refractivity contribution in [2.45, 2.75) is 52.3 Å². The Balaban J connectivity index is 1.71. The maximum atomic E-state index is 12.5. The highest BCUT2D eigenvalue weighted by Crippen LogP contribution is 2.36. The molecule has 9 nitrogen and oxygen atoms in total. The van der Waals surface area contributed by atoms with E-state index in [0.29, 0.717) is 38.2 Å². The molecule has 2 aromatic heterocycles. The molecule has 0 aromatic carbocycles. The van der Waals surface area contributed by atoms with E-state index in [9.17, 15) is 9.59 Å². The van der Waals surface area contributed by atoms with E-state index in [4.69, 9.17) is 15.0 Å². The maximum absolute atomic E-state index is 12.5. The average Bonchev–Trinajstić information content (AvgIpc) is 3.12. The van der Waals surface area contributed by atoms with Crippen molar-refractivity contribution in [3.05, 3.63) is 23.1 Å². The monoisotopic (exact) mass is 373 g/mol. The minimum atomic E-state index is -0.554. The molecule has 1 unspecified atom stereocenters. The van der Waals surface area contributed by atoms with Crippen LogP contribution < -0.4 is 5.73 Å². The molecule has 0 saturated heterocycles. The van der Waals surface area contributed by atoms with Gasteiger partial charge in [0.25, 0.3) is 0 Å². The summed E-state index contributed by atoms with van der Waals surface area (Å²) in [6.45, 7) is 6.84. The highest BCUT2D eigenvalue weighted by Gasteiger charge is 2.35. The van der Waals surface area contributed by atoms with Gasteiger partial charge in [-0.25, -0.2) is 4.79 Å². The fourth-order valence-electron chi connectivity index (χ4n) is 3.63. The van der Waals surface area contributed by atoms with Crippen LogP contribution in [0, 0.1) is 5.92 Å². The molecule has 0 spiro atoms.